The zero-order valence-corrected chi connectivity index (χ0v) is 18.5. The minimum absolute atomic E-state index is 0.0169. The number of rotatable bonds is 6. The Morgan fingerprint density at radius 2 is 1.93 bits per heavy atom. The summed E-state index contributed by atoms with van der Waals surface area (Å²) >= 11 is 1.55. The average molecular weight is 427 g/mol. The van der Waals surface area contributed by atoms with Gasteiger partial charge in [0.05, 0.1) is 37.1 Å². The lowest BCUT2D eigenvalue weighted by Crippen LogP contribution is -2.37. The van der Waals surface area contributed by atoms with E-state index in [-0.39, 0.29) is 12.0 Å². The molecule has 7 heteroatoms. The number of thiazole rings is 1. The van der Waals surface area contributed by atoms with E-state index in [2.05, 4.69) is 19.1 Å². The first kappa shape index (κ1) is 20.6. The highest BCUT2D eigenvalue weighted by Crippen LogP contribution is 2.35. The zero-order chi connectivity index (χ0) is 21.3. The Labute approximate surface area is 180 Å². The van der Waals surface area contributed by atoms with Gasteiger partial charge in [0.25, 0.3) is 5.91 Å². The van der Waals surface area contributed by atoms with E-state index in [1.165, 1.54) is 0 Å². The molecule has 0 spiro atoms. The molecule has 0 saturated carbocycles. The topological polar surface area (TPSA) is 60.9 Å². The van der Waals surface area contributed by atoms with Crippen molar-refractivity contribution in [2.45, 2.75) is 32.8 Å². The molecule has 4 rings (SSSR count). The van der Waals surface area contributed by atoms with E-state index in [0.29, 0.717) is 28.7 Å². The number of hydrogen-bond acceptors (Lipinski definition) is 6. The Balaban J connectivity index is 1.75. The predicted molar refractivity (Wildman–Crippen MR) is 119 cm³/mol. The number of carbonyl (C=O) groups excluding carboxylic acids is 1. The molecule has 2 aromatic carbocycles. The fourth-order valence-corrected chi connectivity index (χ4v) is 4.85. The van der Waals surface area contributed by atoms with Crippen LogP contribution in [0.2, 0.25) is 0 Å². The largest absolute Gasteiger partial charge is 0.493 e. The van der Waals surface area contributed by atoms with Crippen molar-refractivity contribution in [3.8, 4) is 11.5 Å². The van der Waals surface area contributed by atoms with E-state index in [1.807, 2.05) is 6.92 Å². The monoisotopic (exact) mass is 426 g/mol. The van der Waals surface area contributed by atoms with Crippen molar-refractivity contribution in [3.63, 3.8) is 0 Å². The number of methoxy groups -OCH3 is 2. The first-order chi connectivity index (χ1) is 14.5. The van der Waals surface area contributed by atoms with Crippen LogP contribution in [0.25, 0.3) is 10.2 Å². The lowest BCUT2D eigenvalue weighted by atomic mass is 10.1. The number of ether oxygens (including phenoxy) is 3. The van der Waals surface area contributed by atoms with E-state index in [0.717, 1.165) is 40.8 Å². The summed E-state index contributed by atoms with van der Waals surface area (Å²) in [6.45, 7) is 5.34. The molecule has 158 valence electrons. The molecule has 0 bridgehead atoms. The molecule has 0 radical (unpaired) electrons. The highest BCUT2D eigenvalue weighted by molar-refractivity contribution is 7.22. The Bertz CT molecular complexity index is 1030. The van der Waals surface area contributed by atoms with Gasteiger partial charge in [-0.15, -0.1) is 0 Å². The molecular formula is C23H26N2O4S. The van der Waals surface area contributed by atoms with Gasteiger partial charge in [-0.1, -0.05) is 23.5 Å². The number of aromatic nitrogens is 1. The highest BCUT2D eigenvalue weighted by Gasteiger charge is 2.28. The summed E-state index contributed by atoms with van der Waals surface area (Å²) < 4.78 is 17.6. The third-order valence-electron chi connectivity index (χ3n) is 5.45. The summed E-state index contributed by atoms with van der Waals surface area (Å²) in [5.74, 6) is 0.989. The molecule has 0 aliphatic carbocycles. The normalized spacial score (nSPS) is 16.1. The average Bonchev–Trinajstić information content (AvgIpc) is 3.44. The van der Waals surface area contributed by atoms with Crippen molar-refractivity contribution in [1.82, 2.24) is 4.98 Å². The van der Waals surface area contributed by atoms with Crippen molar-refractivity contribution in [1.29, 1.82) is 0 Å². The fourth-order valence-electron chi connectivity index (χ4n) is 3.73. The molecule has 0 N–H and O–H groups in total. The molecule has 1 aliphatic heterocycles. The van der Waals surface area contributed by atoms with Crippen LogP contribution in [0.1, 0.15) is 34.3 Å². The Morgan fingerprint density at radius 1 is 1.17 bits per heavy atom. The quantitative estimate of drug-likeness (QED) is 0.569. The van der Waals surface area contributed by atoms with Gasteiger partial charge in [0.1, 0.15) is 0 Å². The van der Waals surface area contributed by atoms with Gasteiger partial charge in [0, 0.05) is 12.2 Å². The van der Waals surface area contributed by atoms with Gasteiger partial charge in [0.15, 0.2) is 16.6 Å². The van der Waals surface area contributed by atoms with E-state index >= 15 is 0 Å². The second-order valence-corrected chi connectivity index (χ2v) is 8.47. The summed E-state index contributed by atoms with van der Waals surface area (Å²) in [5, 5.41) is 0.692. The smallest absolute Gasteiger partial charge is 0.260 e. The SMILES string of the molecule is COc1ccc(C(=O)N(CC2CCCO2)c2nc3c(C)ccc(C)c3s2)cc1OC. The predicted octanol–water partition coefficient (Wildman–Crippen LogP) is 4.76. The first-order valence-corrected chi connectivity index (χ1v) is 10.9. The van der Waals surface area contributed by atoms with Gasteiger partial charge >= 0.3 is 0 Å². The van der Waals surface area contributed by atoms with Gasteiger partial charge in [-0.25, -0.2) is 4.98 Å². The number of benzene rings is 2. The van der Waals surface area contributed by atoms with E-state index in [1.54, 1.807) is 48.7 Å². The van der Waals surface area contributed by atoms with Crippen LogP contribution in [0.4, 0.5) is 5.13 Å². The molecule has 1 atom stereocenters. The maximum Gasteiger partial charge on any atom is 0.260 e. The highest BCUT2D eigenvalue weighted by atomic mass is 32.1. The van der Waals surface area contributed by atoms with Crippen LogP contribution < -0.4 is 14.4 Å². The minimum Gasteiger partial charge on any atom is -0.493 e. The third kappa shape index (κ3) is 3.87. The van der Waals surface area contributed by atoms with Crippen molar-refractivity contribution in [2.75, 3.05) is 32.3 Å². The van der Waals surface area contributed by atoms with Gasteiger partial charge < -0.3 is 14.2 Å². The summed E-state index contributed by atoms with van der Waals surface area (Å²) in [7, 11) is 3.14. The Morgan fingerprint density at radius 3 is 2.60 bits per heavy atom. The molecule has 1 amide bonds. The van der Waals surface area contributed by atoms with Crippen molar-refractivity contribution >= 4 is 32.6 Å². The molecule has 1 aromatic heterocycles. The molecule has 3 aromatic rings. The Hall–Kier alpha value is -2.64. The molecule has 30 heavy (non-hydrogen) atoms. The fraction of sp³-hybridized carbons (Fsp3) is 0.391. The summed E-state index contributed by atoms with van der Waals surface area (Å²) in [5.41, 5.74) is 3.74. The van der Waals surface area contributed by atoms with E-state index < -0.39 is 0 Å². The standard InChI is InChI=1S/C23H26N2O4S/c1-14-7-8-15(2)21-20(14)24-23(30-21)25(13-17-6-5-11-29-17)22(26)16-9-10-18(27-3)19(12-16)28-4/h7-10,12,17H,5-6,11,13H2,1-4H3. The lowest BCUT2D eigenvalue weighted by molar-refractivity contribution is 0.0917. The van der Waals surface area contributed by atoms with Crippen LogP contribution in [0.3, 0.4) is 0 Å². The molecular weight excluding hydrogens is 400 g/mol. The Kier molecular flexibility index (Phi) is 5.92. The number of hydrogen-bond donors (Lipinski definition) is 0. The third-order valence-corrected chi connectivity index (χ3v) is 6.66. The first-order valence-electron chi connectivity index (χ1n) is 10.0. The molecule has 2 heterocycles. The molecule has 1 saturated heterocycles. The molecule has 1 fully saturated rings. The van der Waals surface area contributed by atoms with Crippen LogP contribution in [-0.2, 0) is 4.74 Å². The number of nitrogens with zero attached hydrogens (tertiary/aromatic N) is 2. The number of anilines is 1. The number of amides is 1. The van der Waals surface area contributed by atoms with E-state index in [4.69, 9.17) is 19.2 Å². The van der Waals surface area contributed by atoms with Gasteiger partial charge in [0.2, 0.25) is 0 Å². The number of fused-ring (bicyclic) bond motifs is 1. The summed E-state index contributed by atoms with van der Waals surface area (Å²) in [6, 6.07) is 9.40. The molecule has 1 unspecified atom stereocenters. The maximum absolute atomic E-state index is 13.6. The second-order valence-electron chi connectivity index (χ2n) is 7.49. The van der Waals surface area contributed by atoms with Gasteiger partial charge in [-0.05, 0) is 56.0 Å². The minimum atomic E-state index is -0.124. The van der Waals surface area contributed by atoms with Crippen LogP contribution in [0.5, 0.6) is 11.5 Å². The van der Waals surface area contributed by atoms with Crippen LogP contribution in [0.15, 0.2) is 30.3 Å². The lowest BCUT2D eigenvalue weighted by Gasteiger charge is -2.23. The summed E-state index contributed by atoms with van der Waals surface area (Å²) in [6.07, 6.45) is 1.98. The van der Waals surface area contributed by atoms with Crippen molar-refractivity contribution in [3.05, 3.63) is 47.0 Å². The number of carbonyl (C=O) groups is 1. The van der Waals surface area contributed by atoms with Gasteiger partial charge in [-0.3, -0.25) is 9.69 Å². The van der Waals surface area contributed by atoms with Crippen molar-refractivity contribution in [2.24, 2.45) is 0 Å². The van der Waals surface area contributed by atoms with E-state index in [9.17, 15) is 4.79 Å². The van der Waals surface area contributed by atoms with Crippen LogP contribution >= 0.6 is 11.3 Å². The molecule has 1 aliphatic rings. The molecule has 6 nitrogen and oxygen atoms in total. The van der Waals surface area contributed by atoms with Crippen LogP contribution in [0, 0.1) is 13.8 Å². The van der Waals surface area contributed by atoms with Crippen LogP contribution in [-0.4, -0.2) is 44.4 Å². The zero-order valence-electron chi connectivity index (χ0n) is 17.7. The second kappa shape index (κ2) is 8.62. The maximum atomic E-state index is 13.6. The number of aryl methyl sites for hydroxylation is 2. The summed E-state index contributed by atoms with van der Waals surface area (Å²) in [4.78, 5) is 20.2. The van der Waals surface area contributed by atoms with Crippen molar-refractivity contribution < 1.29 is 19.0 Å². The van der Waals surface area contributed by atoms with Gasteiger partial charge in [-0.2, -0.15) is 0 Å².